The van der Waals surface area contributed by atoms with Gasteiger partial charge in [0.05, 0.1) is 16.6 Å². The number of fused-ring (bicyclic) bond motifs is 6. The van der Waals surface area contributed by atoms with Crippen LogP contribution in [0.2, 0.25) is 0 Å². The first-order valence-corrected chi connectivity index (χ1v) is 14.4. The third kappa shape index (κ3) is 4.06. The molecule has 1 saturated heterocycles. The molecule has 230 valence electrons. The van der Waals surface area contributed by atoms with Crippen molar-refractivity contribution in [2.45, 2.75) is 77.0 Å². The molecule has 0 bridgehead atoms. The molecule has 3 aromatic rings. The van der Waals surface area contributed by atoms with Crippen molar-refractivity contribution in [1.82, 2.24) is 14.4 Å². The second-order valence-corrected chi connectivity index (χ2v) is 13.6. The van der Waals surface area contributed by atoms with Crippen LogP contribution in [0.25, 0.3) is 10.9 Å². The summed E-state index contributed by atoms with van der Waals surface area (Å²) in [7, 11) is 1.35. The molecule has 1 unspecified atom stereocenters. The summed E-state index contributed by atoms with van der Waals surface area (Å²) in [6, 6.07) is 14.4. The molecule has 3 aliphatic rings. The van der Waals surface area contributed by atoms with Crippen molar-refractivity contribution in [3.8, 4) is 0 Å². The zero-order valence-corrected chi connectivity index (χ0v) is 26.0. The number of piperazine rings is 1. The van der Waals surface area contributed by atoms with Crippen molar-refractivity contribution in [3.63, 3.8) is 0 Å². The van der Waals surface area contributed by atoms with Gasteiger partial charge in [-0.25, -0.2) is 9.59 Å². The SMILES string of the molecule is CN1C(=O)C2=C[C@]3(c4cn(C(=O)OC(C)(C)C)c5ccccc45)c4ccccc4N(C(=O)OC(C)(C)C)[C@@H]3N2C(=O)C1(C)O. The molecule has 3 amide bonds. The van der Waals surface area contributed by atoms with E-state index in [1.807, 2.05) is 24.3 Å². The third-order valence-electron chi connectivity index (χ3n) is 8.27. The minimum Gasteiger partial charge on any atom is -0.443 e. The monoisotopic (exact) mass is 600 g/mol. The van der Waals surface area contributed by atoms with Crippen LogP contribution in [0.3, 0.4) is 0 Å². The molecule has 1 N–H and O–H groups in total. The zero-order valence-electron chi connectivity index (χ0n) is 26.0. The highest BCUT2D eigenvalue weighted by Crippen LogP contribution is 2.58. The molecule has 11 heteroatoms. The molecule has 3 aliphatic heterocycles. The van der Waals surface area contributed by atoms with Crippen molar-refractivity contribution >= 4 is 40.6 Å². The number of carbonyl (C=O) groups is 4. The van der Waals surface area contributed by atoms with E-state index in [0.717, 1.165) is 4.90 Å². The standard InChI is InChI=1S/C33H36N4O7/c1-30(2,3)43-28(40)35-18-21(19-13-9-11-15-22(19)35)33-17-24-25(38)34(8)32(7,42)27(39)36(24)26(33)37(29(41)44-31(4,5)6)23-16-12-10-14-20(23)33/h9-18,26,42H,1-8H3/t26-,32?,33+/m0/s1. The number of amides is 3. The zero-order chi connectivity index (χ0) is 32.1. The van der Waals surface area contributed by atoms with Crippen molar-refractivity contribution in [2.24, 2.45) is 0 Å². The molecular formula is C33H36N4O7. The number of rotatable bonds is 1. The Hall–Kier alpha value is -4.64. The fourth-order valence-corrected chi connectivity index (χ4v) is 6.37. The molecule has 0 radical (unpaired) electrons. The number of carbonyl (C=O) groups excluding carboxylic acids is 4. The molecule has 0 spiro atoms. The lowest BCUT2D eigenvalue weighted by molar-refractivity contribution is -0.183. The molecule has 3 atom stereocenters. The summed E-state index contributed by atoms with van der Waals surface area (Å²) in [5.41, 5.74) is -3.00. The van der Waals surface area contributed by atoms with Crippen molar-refractivity contribution in [2.75, 3.05) is 11.9 Å². The van der Waals surface area contributed by atoms with Gasteiger partial charge in [-0.2, -0.15) is 0 Å². The van der Waals surface area contributed by atoms with Crippen molar-refractivity contribution in [3.05, 3.63) is 77.6 Å². The molecule has 2 aromatic carbocycles. The van der Waals surface area contributed by atoms with Gasteiger partial charge in [0.15, 0.2) is 0 Å². The molecular weight excluding hydrogens is 564 g/mol. The number of para-hydroxylation sites is 2. The predicted octanol–water partition coefficient (Wildman–Crippen LogP) is 4.70. The number of benzene rings is 2. The molecule has 1 aromatic heterocycles. The van der Waals surface area contributed by atoms with E-state index < -0.39 is 52.5 Å². The van der Waals surface area contributed by atoms with Crippen LogP contribution in [-0.4, -0.2) is 73.6 Å². The first-order chi connectivity index (χ1) is 20.4. The average Bonchev–Trinajstić information content (AvgIpc) is 3.55. The number of anilines is 1. The lowest BCUT2D eigenvalue weighted by atomic mass is 9.74. The van der Waals surface area contributed by atoms with Crippen LogP contribution in [0.15, 0.2) is 66.5 Å². The minimum absolute atomic E-state index is 0.00573. The van der Waals surface area contributed by atoms with E-state index in [1.165, 1.54) is 28.3 Å². The number of nitrogens with zero attached hydrogens (tertiary/aromatic N) is 4. The second kappa shape index (κ2) is 9.18. The summed E-state index contributed by atoms with van der Waals surface area (Å²) in [5.74, 6) is -1.38. The van der Waals surface area contributed by atoms with Crippen LogP contribution in [0, 0.1) is 0 Å². The maximum atomic E-state index is 14.1. The topological polar surface area (TPSA) is 122 Å². The Morgan fingerprint density at radius 3 is 2.11 bits per heavy atom. The van der Waals surface area contributed by atoms with E-state index in [-0.39, 0.29) is 5.70 Å². The Balaban J connectivity index is 1.69. The number of aliphatic hydroxyl groups is 1. The first-order valence-electron chi connectivity index (χ1n) is 14.4. The summed E-state index contributed by atoms with van der Waals surface area (Å²) < 4.78 is 13.0. The van der Waals surface area contributed by atoms with Crippen molar-refractivity contribution < 1.29 is 33.8 Å². The minimum atomic E-state index is -2.19. The van der Waals surface area contributed by atoms with Crippen molar-refractivity contribution in [1.29, 1.82) is 0 Å². The van der Waals surface area contributed by atoms with Gasteiger partial charge < -0.3 is 19.5 Å². The summed E-state index contributed by atoms with van der Waals surface area (Å²) in [4.78, 5) is 59.1. The van der Waals surface area contributed by atoms with Crippen LogP contribution >= 0.6 is 0 Å². The number of hydrogen-bond donors (Lipinski definition) is 1. The molecule has 1 fully saturated rings. The van der Waals surface area contributed by atoms with Crippen LogP contribution in [-0.2, 0) is 24.5 Å². The highest BCUT2D eigenvalue weighted by molar-refractivity contribution is 6.10. The van der Waals surface area contributed by atoms with Crippen LogP contribution in [0.5, 0.6) is 0 Å². The first kappa shape index (κ1) is 29.4. The van der Waals surface area contributed by atoms with E-state index >= 15 is 0 Å². The van der Waals surface area contributed by atoms with Gasteiger partial charge in [0.1, 0.15) is 23.1 Å². The molecule has 6 rings (SSSR count). The normalized spacial score (nSPS) is 24.7. The number of likely N-dealkylation sites (N-methyl/N-ethyl adjacent to an activating group) is 1. The van der Waals surface area contributed by atoms with Gasteiger partial charge in [-0.3, -0.25) is 24.0 Å². The Morgan fingerprint density at radius 1 is 0.864 bits per heavy atom. The van der Waals surface area contributed by atoms with Gasteiger partial charge in [-0.15, -0.1) is 0 Å². The number of aromatic nitrogens is 1. The van der Waals surface area contributed by atoms with Gasteiger partial charge in [0.2, 0.25) is 5.72 Å². The van der Waals surface area contributed by atoms with E-state index in [2.05, 4.69) is 0 Å². The third-order valence-corrected chi connectivity index (χ3v) is 8.27. The van der Waals surface area contributed by atoms with Gasteiger partial charge in [-0.05, 0) is 77.8 Å². The predicted molar refractivity (Wildman–Crippen MR) is 162 cm³/mol. The quantitative estimate of drug-likeness (QED) is 0.430. The smallest absolute Gasteiger partial charge is 0.419 e. The van der Waals surface area contributed by atoms with E-state index in [9.17, 15) is 24.3 Å². The molecule has 11 nitrogen and oxygen atoms in total. The number of ether oxygens (including phenoxy) is 2. The fraction of sp³-hybridized carbons (Fsp3) is 0.394. The molecule has 44 heavy (non-hydrogen) atoms. The Labute approximate surface area is 255 Å². The summed E-state index contributed by atoms with van der Waals surface area (Å²) in [5, 5.41) is 11.9. The van der Waals surface area contributed by atoms with Gasteiger partial charge in [0, 0.05) is 18.6 Å². The summed E-state index contributed by atoms with van der Waals surface area (Å²) in [6.45, 7) is 11.8. The van der Waals surface area contributed by atoms with E-state index in [0.29, 0.717) is 27.7 Å². The Kier molecular flexibility index (Phi) is 6.14. The Morgan fingerprint density at radius 2 is 1.45 bits per heavy atom. The molecule has 0 aliphatic carbocycles. The van der Waals surface area contributed by atoms with E-state index in [1.54, 1.807) is 78.1 Å². The average molecular weight is 601 g/mol. The van der Waals surface area contributed by atoms with Crippen LogP contribution in [0.4, 0.5) is 15.3 Å². The molecule has 4 heterocycles. The number of hydrogen-bond acceptors (Lipinski definition) is 7. The van der Waals surface area contributed by atoms with Gasteiger partial charge in [-0.1, -0.05) is 36.4 Å². The summed E-state index contributed by atoms with van der Waals surface area (Å²) in [6.07, 6.45) is 0.795. The Bertz CT molecular complexity index is 1790. The largest absolute Gasteiger partial charge is 0.443 e. The highest BCUT2D eigenvalue weighted by atomic mass is 16.6. The lowest BCUT2D eigenvalue weighted by Crippen LogP contribution is -2.68. The van der Waals surface area contributed by atoms with Gasteiger partial charge in [0.25, 0.3) is 11.8 Å². The maximum absolute atomic E-state index is 14.1. The lowest BCUT2D eigenvalue weighted by Gasteiger charge is -2.46. The maximum Gasteiger partial charge on any atom is 0.419 e. The second-order valence-electron chi connectivity index (χ2n) is 13.6. The van der Waals surface area contributed by atoms with Crippen LogP contribution < -0.4 is 4.90 Å². The fourth-order valence-electron chi connectivity index (χ4n) is 6.37. The van der Waals surface area contributed by atoms with Gasteiger partial charge >= 0.3 is 12.2 Å². The van der Waals surface area contributed by atoms with E-state index in [4.69, 9.17) is 9.47 Å². The summed E-state index contributed by atoms with van der Waals surface area (Å²) >= 11 is 0. The molecule has 0 saturated carbocycles. The van der Waals surface area contributed by atoms with Crippen LogP contribution in [0.1, 0.15) is 59.6 Å². The highest BCUT2D eigenvalue weighted by Gasteiger charge is 2.67.